The van der Waals surface area contributed by atoms with Gasteiger partial charge in [0, 0.05) is 12.6 Å². The van der Waals surface area contributed by atoms with Crippen molar-refractivity contribution in [1.29, 1.82) is 0 Å². The van der Waals surface area contributed by atoms with Crippen LogP contribution in [0.4, 0.5) is 0 Å². The topological polar surface area (TPSA) is 55.1 Å². The fourth-order valence-electron chi connectivity index (χ4n) is 1.14. The maximum absolute atomic E-state index is 10.2. The summed E-state index contributed by atoms with van der Waals surface area (Å²) in [5.41, 5.74) is 5.37. The highest BCUT2D eigenvalue weighted by molar-refractivity contribution is 5.58. The molecule has 0 amide bonds. The lowest BCUT2D eigenvalue weighted by atomic mass is 10.2. The molecule has 1 aliphatic rings. The van der Waals surface area contributed by atoms with Crippen LogP contribution in [0.3, 0.4) is 0 Å². The summed E-state index contributed by atoms with van der Waals surface area (Å²) in [7, 11) is 0. The van der Waals surface area contributed by atoms with Crippen molar-refractivity contribution in [2.24, 2.45) is 5.73 Å². The van der Waals surface area contributed by atoms with Crippen LogP contribution >= 0.6 is 0 Å². The Labute approximate surface area is 54.6 Å². The number of carbonyl (C=O) groups excluding carboxylic acids is 1. The molecule has 0 aromatic carbocycles. The van der Waals surface area contributed by atoms with E-state index in [-0.39, 0.29) is 6.04 Å². The van der Waals surface area contributed by atoms with E-state index in [4.69, 9.17) is 5.73 Å². The van der Waals surface area contributed by atoms with Crippen LogP contribution in [0.25, 0.3) is 0 Å². The fraction of sp³-hybridized carbons (Fsp3) is 0.833. The van der Waals surface area contributed by atoms with Crippen LogP contribution in [0.5, 0.6) is 0 Å². The number of rotatable bonds is 2. The molecule has 9 heavy (non-hydrogen) atoms. The van der Waals surface area contributed by atoms with E-state index in [1.54, 1.807) is 0 Å². The Kier molecular flexibility index (Phi) is 2.19. The molecule has 1 heterocycles. The summed E-state index contributed by atoms with van der Waals surface area (Å²) in [6, 6.07) is 0.443. The van der Waals surface area contributed by atoms with Gasteiger partial charge >= 0.3 is 0 Å². The third kappa shape index (κ3) is 1.50. The summed E-state index contributed by atoms with van der Waals surface area (Å²) in [5, 5.41) is 3.10. The van der Waals surface area contributed by atoms with Gasteiger partial charge in [0.15, 0.2) is 0 Å². The minimum absolute atomic E-state index is 0.0681. The number of carbonyl (C=O) groups is 1. The quantitative estimate of drug-likeness (QED) is 0.482. The summed E-state index contributed by atoms with van der Waals surface area (Å²) in [6.45, 7) is 0.643. The van der Waals surface area contributed by atoms with Gasteiger partial charge < -0.3 is 15.8 Å². The molecule has 0 aromatic rings. The van der Waals surface area contributed by atoms with Crippen LogP contribution in [-0.2, 0) is 4.79 Å². The van der Waals surface area contributed by atoms with E-state index in [1.165, 1.54) is 0 Å². The maximum Gasteiger partial charge on any atom is 0.136 e. The first kappa shape index (κ1) is 6.71. The molecule has 3 heteroatoms. The largest absolute Gasteiger partial charge is 0.329 e. The highest BCUT2D eigenvalue weighted by Gasteiger charge is 2.20. The molecule has 0 radical (unpaired) electrons. The molecular weight excluding hydrogens is 116 g/mol. The van der Waals surface area contributed by atoms with Crippen molar-refractivity contribution in [3.05, 3.63) is 0 Å². The zero-order chi connectivity index (χ0) is 6.69. The van der Waals surface area contributed by atoms with Crippen molar-refractivity contribution in [3.8, 4) is 0 Å². The summed E-state index contributed by atoms with van der Waals surface area (Å²) >= 11 is 0. The number of aldehydes is 1. The van der Waals surface area contributed by atoms with Gasteiger partial charge in [0.25, 0.3) is 0 Å². The molecule has 0 spiro atoms. The Bertz CT molecular complexity index is 105. The van der Waals surface area contributed by atoms with E-state index >= 15 is 0 Å². The first-order chi connectivity index (χ1) is 4.36. The van der Waals surface area contributed by atoms with Gasteiger partial charge in [-0.15, -0.1) is 0 Å². The molecular formula is C6H12N2O. The first-order valence-corrected chi connectivity index (χ1v) is 3.28. The molecule has 0 saturated carbocycles. The SMILES string of the molecule is NC[C@@H]1CCC(C=O)N1. The molecule has 0 aliphatic carbocycles. The Morgan fingerprint density at radius 3 is 2.78 bits per heavy atom. The second kappa shape index (κ2) is 2.94. The fourth-order valence-corrected chi connectivity index (χ4v) is 1.14. The van der Waals surface area contributed by atoms with E-state index < -0.39 is 0 Å². The molecule has 1 saturated heterocycles. The second-order valence-electron chi connectivity index (χ2n) is 2.42. The van der Waals surface area contributed by atoms with E-state index in [1.807, 2.05) is 0 Å². The third-order valence-corrected chi connectivity index (χ3v) is 1.72. The Morgan fingerprint density at radius 1 is 1.67 bits per heavy atom. The normalized spacial score (nSPS) is 34.8. The molecule has 2 atom stereocenters. The predicted molar refractivity (Wildman–Crippen MR) is 35.1 cm³/mol. The van der Waals surface area contributed by atoms with Crippen molar-refractivity contribution in [3.63, 3.8) is 0 Å². The van der Waals surface area contributed by atoms with Gasteiger partial charge in [-0.3, -0.25) is 0 Å². The average Bonchev–Trinajstić information content (AvgIpc) is 2.34. The standard InChI is InChI=1S/C6H12N2O/c7-3-5-1-2-6(4-9)8-5/h4-6,8H,1-3,7H2/t5-,6?/m0/s1. The zero-order valence-electron chi connectivity index (χ0n) is 5.34. The molecule has 0 aromatic heterocycles. The summed E-state index contributed by atoms with van der Waals surface area (Å²) in [5.74, 6) is 0. The van der Waals surface area contributed by atoms with E-state index in [2.05, 4.69) is 5.32 Å². The van der Waals surface area contributed by atoms with E-state index in [0.717, 1.165) is 19.1 Å². The maximum atomic E-state index is 10.2. The van der Waals surface area contributed by atoms with Gasteiger partial charge in [0.05, 0.1) is 6.04 Å². The smallest absolute Gasteiger partial charge is 0.136 e. The van der Waals surface area contributed by atoms with Crippen LogP contribution < -0.4 is 11.1 Å². The van der Waals surface area contributed by atoms with Gasteiger partial charge in [-0.1, -0.05) is 0 Å². The van der Waals surface area contributed by atoms with Crippen LogP contribution in [0.1, 0.15) is 12.8 Å². The molecule has 1 unspecified atom stereocenters. The van der Waals surface area contributed by atoms with Gasteiger partial charge in [-0.05, 0) is 12.8 Å². The molecule has 1 aliphatic heterocycles. The van der Waals surface area contributed by atoms with Crippen molar-refractivity contribution < 1.29 is 4.79 Å². The van der Waals surface area contributed by atoms with Gasteiger partial charge in [-0.25, -0.2) is 0 Å². The second-order valence-corrected chi connectivity index (χ2v) is 2.42. The van der Waals surface area contributed by atoms with Gasteiger partial charge in [0.1, 0.15) is 6.29 Å². The van der Waals surface area contributed by atoms with E-state index in [0.29, 0.717) is 12.6 Å². The highest BCUT2D eigenvalue weighted by Crippen LogP contribution is 2.08. The number of hydrogen-bond donors (Lipinski definition) is 2. The lowest BCUT2D eigenvalue weighted by molar-refractivity contribution is -0.109. The molecule has 3 nitrogen and oxygen atoms in total. The number of hydrogen-bond acceptors (Lipinski definition) is 3. The Hall–Kier alpha value is -0.410. The first-order valence-electron chi connectivity index (χ1n) is 3.28. The summed E-state index contributed by atoms with van der Waals surface area (Å²) < 4.78 is 0. The molecule has 3 N–H and O–H groups in total. The van der Waals surface area contributed by atoms with Crippen LogP contribution in [0.15, 0.2) is 0 Å². The molecule has 1 fully saturated rings. The van der Waals surface area contributed by atoms with Gasteiger partial charge in [0.2, 0.25) is 0 Å². The lowest BCUT2D eigenvalue weighted by Crippen LogP contribution is -2.35. The van der Waals surface area contributed by atoms with Crippen molar-refractivity contribution in [1.82, 2.24) is 5.32 Å². The van der Waals surface area contributed by atoms with Crippen LogP contribution in [-0.4, -0.2) is 24.9 Å². The zero-order valence-corrected chi connectivity index (χ0v) is 5.34. The average molecular weight is 128 g/mol. The summed E-state index contributed by atoms with van der Waals surface area (Å²) in [4.78, 5) is 10.2. The third-order valence-electron chi connectivity index (χ3n) is 1.72. The van der Waals surface area contributed by atoms with Crippen LogP contribution in [0.2, 0.25) is 0 Å². The summed E-state index contributed by atoms with van der Waals surface area (Å²) in [6.07, 6.45) is 2.95. The lowest BCUT2D eigenvalue weighted by Gasteiger charge is -2.05. The van der Waals surface area contributed by atoms with E-state index in [9.17, 15) is 4.79 Å². The molecule has 1 rings (SSSR count). The molecule has 52 valence electrons. The Morgan fingerprint density at radius 2 is 2.44 bits per heavy atom. The van der Waals surface area contributed by atoms with Crippen LogP contribution in [0, 0.1) is 0 Å². The number of nitrogens with one attached hydrogen (secondary N) is 1. The predicted octanol–water partition coefficient (Wildman–Crippen LogP) is -0.735. The molecule has 0 bridgehead atoms. The van der Waals surface area contributed by atoms with Crippen molar-refractivity contribution >= 4 is 6.29 Å². The van der Waals surface area contributed by atoms with Crippen molar-refractivity contribution in [2.75, 3.05) is 6.54 Å². The minimum atomic E-state index is 0.0681. The number of nitrogens with two attached hydrogens (primary N) is 1. The van der Waals surface area contributed by atoms with Gasteiger partial charge in [-0.2, -0.15) is 0 Å². The highest BCUT2D eigenvalue weighted by atomic mass is 16.1. The van der Waals surface area contributed by atoms with Crippen molar-refractivity contribution in [2.45, 2.75) is 24.9 Å². The Balaban J connectivity index is 2.28. The minimum Gasteiger partial charge on any atom is -0.329 e. The monoisotopic (exact) mass is 128 g/mol.